The molecule has 1 N–H and O–H groups in total. The molecule has 70 valence electrons. The second-order valence-electron chi connectivity index (χ2n) is 3.65. The van der Waals surface area contributed by atoms with Crippen LogP contribution in [-0.2, 0) is 0 Å². The molecule has 1 aromatic rings. The molecule has 0 spiro atoms. The average Bonchev–Trinajstić information content (AvgIpc) is 2.47. The minimum absolute atomic E-state index is 0.321. The number of carbonyl (C=O) groups excluding carboxylic acids is 1. The van der Waals surface area contributed by atoms with Crippen molar-refractivity contribution in [2.45, 2.75) is 12.5 Å². The van der Waals surface area contributed by atoms with E-state index >= 15 is 0 Å². The maximum atomic E-state index is 10.3. The minimum atomic E-state index is -0.617. The van der Waals surface area contributed by atoms with Crippen LogP contribution in [-0.4, -0.2) is 30.1 Å². The van der Waals surface area contributed by atoms with Gasteiger partial charge in [-0.2, -0.15) is 0 Å². The molecule has 1 fully saturated rings. The van der Waals surface area contributed by atoms with Gasteiger partial charge in [0.1, 0.15) is 0 Å². The summed E-state index contributed by atoms with van der Waals surface area (Å²) in [5.41, 5.74) is -0.617. The second-order valence-corrected chi connectivity index (χ2v) is 3.65. The van der Waals surface area contributed by atoms with Crippen LogP contribution in [0.15, 0.2) is 16.5 Å². The molecular weight excluding hydrogens is 170 g/mol. The zero-order valence-corrected chi connectivity index (χ0v) is 7.36. The van der Waals surface area contributed by atoms with Gasteiger partial charge >= 0.3 is 0 Å². The van der Waals surface area contributed by atoms with Crippen LogP contribution in [0.25, 0.3) is 0 Å². The fraction of sp³-hybridized carbons (Fsp3) is 0.444. The molecule has 4 heteroatoms. The fourth-order valence-corrected chi connectivity index (χ4v) is 1.51. The number of furan rings is 1. The van der Waals surface area contributed by atoms with Crippen LogP contribution in [0.2, 0.25) is 0 Å². The van der Waals surface area contributed by atoms with Gasteiger partial charge in [0.2, 0.25) is 0 Å². The quantitative estimate of drug-likeness (QED) is 0.681. The lowest BCUT2D eigenvalue weighted by atomic mass is 9.97. The van der Waals surface area contributed by atoms with E-state index in [0.29, 0.717) is 31.0 Å². The van der Waals surface area contributed by atoms with Crippen molar-refractivity contribution in [1.29, 1.82) is 0 Å². The monoisotopic (exact) mass is 181 g/mol. The average molecular weight is 181 g/mol. The number of aldehydes is 1. The van der Waals surface area contributed by atoms with Gasteiger partial charge in [0, 0.05) is 6.07 Å². The Morgan fingerprint density at radius 2 is 2.31 bits per heavy atom. The van der Waals surface area contributed by atoms with Crippen molar-refractivity contribution < 1.29 is 14.3 Å². The molecule has 0 unspecified atom stereocenters. The van der Waals surface area contributed by atoms with Crippen LogP contribution in [0.4, 0.5) is 5.88 Å². The predicted octanol–water partition coefficient (Wildman–Crippen LogP) is 0.663. The summed E-state index contributed by atoms with van der Waals surface area (Å²) < 4.78 is 5.18. The molecule has 4 nitrogen and oxygen atoms in total. The van der Waals surface area contributed by atoms with Crippen molar-refractivity contribution in [3.8, 4) is 0 Å². The first-order valence-corrected chi connectivity index (χ1v) is 4.13. The number of hydrogen-bond donors (Lipinski definition) is 1. The highest BCUT2D eigenvalue weighted by molar-refractivity contribution is 5.71. The molecule has 1 aliphatic rings. The molecule has 0 saturated carbocycles. The molecule has 1 aliphatic heterocycles. The number of anilines is 1. The molecular formula is C9H11NO3. The summed E-state index contributed by atoms with van der Waals surface area (Å²) in [4.78, 5) is 12.2. The van der Waals surface area contributed by atoms with Crippen LogP contribution in [0.1, 0.15) is 17.5 Å². The number of aliphatic hydroxyl groups is 1. The Morgan fingerprint density at radius 3 is 2.77 bits per heavy atom. The summed E-state index contributed by atoms with van der Waals surface area (Å²) in [7, 11) is 0. The third kappa shape index (κ3) is 1.45. The normalized spacial score (nSPS) is 19.7. The van der Waals surface area contributed by atoms with E-state index in [2.05, 4.69) is 0 Å². The van der Waals surface area contributed by atoms with Crippen LogP contribution >= 0.6 is 0 Å². The van der Waals surface area contributed by atoms with Crippen LogP contribution < -0.4 is 4.90 Å². The lowest BCUT2D eigenvalue weighted by Crippen LogP contribution is -2.60. The first-order valence-electron chi connectivity index (χ1n) is 4.13. The van der Waals surface area contributed by atoms with E-state index in [1.165, 1.54) is 0 Å². The molecule has 0 radical (unpaired) electrons. The van der Waals surface area contributed by atoms with Crippen LogP contribution in [0, 0.1) is 0 Å². The highest BCUT2D eigenvalue weighted by Gasteiger charge is 2.37. The van der Waals surface area contributed by atoms with Gasteiger partial charge < -0.3 is 14.4 Å². The van der Waals surface area contributed by atoms with Crippen molar-refractivity contribution >= 4 is 12.2 Å². The summed E-state index contributed by atoms with van der Waals surface area (Å²) in [6, 6.07) is 3.36. The molecule has 0 aromatic carbocycles. The molecule has 2 rings (SSSR count). The van der Waals surface area contributed by atoms with Gasteiger partial charge in [0.05, 0.1) is 18.7 Å². The maximum Gasteiger partial charge on any atom is 0.196 e. The van der Waals surface area contributed by atoms with E-state index < -0.39 is 5.60 Å². The summed E-state index contributed by atoms with van der Waals surface area (Å²) in [5.74, 6) is 0.968. The lowest BCUT2D eigenvalue weighted by molar-refractivity contribution is 0.0284. The molecule has 2 heterocycles. The zero-order valence-electron chi connectivity index (χ0n) is 7.36. The fourth-order valence-electron chi connectivity index (χ4n) is 1.51. The molecule has 0 aliphatic carbocycles. The Morgan fingerprint density at radius 1 is 1.62 bits per heavy atom. The van der Waals surface area contributed by atoms with Gasteiger partial charge in [-0.15, -0.1) is 0 Å². The Labute approximate surface area is 75.8 Å². The van der Waals surface area contributed by atoms with E-state index in [4.69, 9.17) is 4.42 Å². The Hall–Kier alpha value is -1.29. The van der Waals surface area contributed by atoms with Gasteiger partial charge in [-0.25, -0.2) is 0 Å². The van der Waals surface area contributed by atoms with Gasteiger partial charge in [-0.3, -0.25) is 4.79 Å². The van der Waals surface area contributed by atoms with Gasteiger partial charge in [-0.05, 0) is 13.0 Å². The van der Waals surface area contributed by atoms with Crippen molar-refractivity contribution in [3.05, 3.63) is 17.9 Å². The largest absolute Gasteiger partial charge is 0.438 e. The van der Waals surface area contributed by atoms with Crippen molar-refractivity contribution in [1.82, 2.24) is 0 Å². The molecule has 0 bridgehead atoms. The number of hydrogen-bond acceptors (Lipinski definition) is 4. The summed E-state index contributed by atoms with van der Waals surface area (Å²) >= 11 is 0. The third-order valence-corrected chi connectivity index (χ3v) is 2.10. The van der Waals surface area contributed by atoms with E-state index in [-0.39, 0.29) is 0 Å². The number of rotatable bonds is 2. The Kier molecular flexibility index (Phi) is 1.66. The van der Waals surface area contributed by atoms with Gasteiger partial charge in [0.15, 0.2) is 17.9 Å². The Balaban J connectivity index is 2.07. The van der Waals surface area contributed by atoms with Gasteiger partial charge in [0.25, 0.3) is 0 Å². The number of nitrogens with zero attached hydrogens (tertiary/aromatic N) is 1. The highest BCUT2D eigenvalue weighted by Crippen LogP contribution is 2.28. The van der Waals surface area contributed by atoms with Crippen molar-refractivity contribution in [2.75, 3.05) is 18.0 Å². The van der Waals surface area contributed by atoms with Crippen molar-refractivity contribution in [2.24, 2.45) is 0 Å². The topological polar surface area (TPSA) is 53.7 Å². The number of carbonyl (C=O) groups is 1. The standard InChI is InChI=1S/C9H11NO3/c1-9(12)5-10(6-9)8-3-2-7(4-11)13-8/h2-4,12H,5-6H2,1H3. The SMILES string of the molecule is CC1(O)CN(c2ccc(C=O)o2)C1. The van der Waals surface area contributed by atoms with Crippen molar-refractivity contribution in [3.63, 3.8) is 0 Å². The summed E-state index contributed by atoms with van der Waals surface area (Å²) in [5, 5.41) is 9.46. The lowest BCUT2D eigenvalue weighted by Gasteiger charge is -2.43. The summed E-state index contributed by atoms with van der Waals surface area (Å²) in [6.45, 7) is 2.88. The minimum Gasteiger partial charge on any atom is -0.438 e. The van der Waals surface area contributed by atoms with E-state index in [0.717, 1.165) is 0 Å². The molecule has 13 heavy (non-hydrogen) atoms. The number of β-amino-alcohol motifs (C(OH)–C–C–N with tert-alkyl or cyclic N) is 1. The van der Waals surface area contributed by atoms with Crippen LogP contribution in [0.3, 0.4) is 0 Å². The smallest absolute Gasteiger partial charge is 0.196 e. The van der Waals surface area contributed by atoms with Gasteiger partial charge in [-0.1, -0.05) is 0 Å². The molecule has 0 amide bonds. The first-order chi connectivity index (χ1) is 6.11. The second kappa shape index (κ2) is 2.60. The first kappa shape index (κ1) is 8.31. The molecule has 1 aromatic heterocycles. The molecule has 1 saturated heterocycles. The zero-order chi connectivity index (χ0) is 9.47. The predicted molar refractivity (Wildman–Crippen MR) is 46.9 cm³/mol. The summed E-state index contributed by atoms with van der Waals surface area (Å²) in [6.07, 6.45) is 0.668. The molecule has 0 atom stereocenters. The third-order valence-electron chi connectivity index (χ3n) is 2.10. The van der Waals surface area contributed by atoms with E-state index in [1.807, 2.05) is 4.90 Å². The Bertz CT molecular complexity index is 321. The van der Waals surface area contributed by atoms with E-state index in [9.17, 15) is 9.90 Å². The maximum absolute atomic E-state index is 10.3. The van der Waals surface area contributed by atoms with E-state index in [1.54, 1.807) is 19.1 Å². The highest BCUT2D eigenvalue weighted by atomic mass is 16.4. The van der Waals surface area contributed by atoms with Crippen LogP contribution in [0.5, 0.6) is 0 Å².